The summed E-state index contributed by atoms with van der Waals surface area (Å²) in [5, 5.41) is 14.3. The zero-order chi connectivity index (χ0) is 16.7. The first-order valence-electron chi connectivity index (χ1n) is 6.54. The van der Waals surface area contributed by atoms with Crippen LogP contribution in [0.2, 0.25) is 0 Å². The van der Waals surface area contributed by atoms with E-state index < -0.39 is 17.8 Å². The van der Waals surface area contributed by atoms with Crippen molar-refractivity contribution >= 4 is 23.5 Å². The maximum absolute atomic E-state index is 12.0. The Balaban J connectivity index is 2.97. The molecular formula is C15H18N2O5. The van der Waals surface area contributed by atoms with Crippen LogP contribution in [-0.4, -0.2) is 36.1 Å². The number of anilines is 1. The van der Waals surface area contributed by atoms with Crippen molar-refractivity contribution in [3.63, 3.8) is 0 Å². The Morgan fingerprint density at radius 3 is 2.23 bits per heavy atom. The van der Waals surface area contributed by atoms with E-state index in [2.05, 4.69) is 15.4 Å². The molecule has 0 saturated heterocycles. The standard InChI is InChI=1S/C15H18N2O5/c1-9(2)16-14(19)12(8-13(18)22-3)17-11-6-4-10(5-7-11)15(20)21/h4-9,17H,1-3H3,(H,16,19)(H,20,21)/b12-8+. The van der Waals surface area contributed by atoms with E-state index in [1.54, 1.807) is 13.8 Å². The lowest BCUT2D eigenvalue weighted by atomic mass is 10.2. The van der Waals surface area contributed by atoms with Gasteiger partial charge in [-0.2, -0.15) is 0 Å². The summed E-state index contributed by atoms with van der Waals surface area (Å²) in [4.78, 5) is 34.2. The van der Waals surface area contributed by atoms with Gasteiger partial charge in [0.1, 0.15) is 5.70 Å². The Morgan fingerprint density at radius 1 is 1.18 bits per heavy atom. The lowest BCUT2D eigenvalue weighted by Gasteiger charge is -2.13. The number of hydrogen-bond acceptors (Lipinski definition) is 5. The molecular weight excluding hydrogens is 288 g/mol. The van der Waals surface area contributed by atoms with E-state index in [1.165, 1.54) is 31.4 Å². The van der Waals surface area contributed by atoms with Gasteiger partial charge in [-0.1, -0.05) is 0 Å². The molecule has 0 bridgehead atoms. The minimum atomic E-state index is -1.05. The zero-order valence-corrected chi connectivity index (χ0v) is 12.5. The molecule has 0 spiro atoms. The minimum absolute atomic E-state index is 0.00336. The van der Waals surface area contributed by atoms with E-state index in [4.69, 9.17) is 5.11 Å². The summed E-state index contributed by atoms with van der Waals surface area (Å²) in [7, 11) is 1.21. The second kappa shape index (κ2) is 7.82. The number of nitrogens with one attached hydrogen (secondary N) is 2. The number of amides is 1. The third-order valence-electron chi connectivity index (χ3n) is 2.54. The van der Waals surface area contributed by atoms with Crippen molar-refractivity contribution < 1.29 is 24.2 Å². The Hall–Kier alpha value is -2.83. The molecule has 0 radical (unpaired) electrons. The van der Waals surface area contributed by atoms with Gasteiger partial charge in [-0.3, -0.25) is 4.79 Å². The topological polar surface area (TPSA) is 105 Å². The average molecular weight is 306 g/mol. The van der Waals surface area contributed by atoms with Crippen molar-refractivity contribution in [1.29, 1.82) is 0 Å². The number of methoxy groups -OCH3 is 1. The van der Waals surface area contributed by atoms with Gasteiger partial charge in [0.2, 0.25) is 0 Å². The monoisotopic (exact) mass is 306 g/mol. The molecule has 0 saturated carbocycles. The number of benzene rings is 1. The summed E-state index contributed by atoms with van der Waals surface area (Å²) in [6.07, 6.45) is 1.03. The number of hydrogen-bond donors (Lipinski definition) is 3. The SMILES string of the molecule is COC(=O)/C=C(/Nc1ccc(C(=O)O)cc1)C(=O)NC(C)C. The highest BCUT2D eigenvalue weighted by Crippen LogP contribution is 2.12. The summed E-state index contributed by atoms with van der Waals surface area (Å²) in [6, 6.07) is 5.67. The molecule has 0 unspecified atom stereocenters. The fourth-order valence-corrected chi connectivity index (χ4v) is 1.53. The van der Waals surface area contributed by atoms with Gasteiger partial charge < -0.3 is 20.5 Å². The first-order valence-corrected chi connectivity index (χ1v) is 6.54. The Bertz CT molecular complexity index is 590. The quantitative estimate of drug-likeness (QED) is 0.542. The number of carbonyl (C=O) groups is 3. The average Bonchev–Trinajstić information content (AvgIpc) is 2.46. The molecule has 0 aliphatic carbocycles. The van der Waals surface area contributed by atoms with Crippen LogP contribution in [0.15, 0.2) is 36.0 Å². The number of rotatable bonds is 6. The van der Waals surface area contributed by atoms with Gasteiger partial charge in [0.05, 0.1) is 18.7 Å². The Kier molecular flexibility index (Phi) is 6.12. The van der Waals surface area contributed by atoms with E-state index in [-0.39, 0.29) is 17.3 Å². The molecule has 7 heteroatoms. The highest BCUT2D eigenvalue weighted by Gasteiger charge is 2.13. The summed E-state index contributed by atoms with van der Waals surface area (Å²) >= 11 is 0. The largest absolute Gasteiger partial charge is 0.478 e. The first-order chi connectivity index (χ1) is 10.3. The van der Waals surface area contributed by atoms with Crippen LogP contribution in [0.5, 0.6) is 0 Å². The van der Waals surface area contributed by atoms with E-state index >= 15 is 0 Å². The molecule has 0 fully saturated rings. The van der Waals surface area contributed by atoms with Crippen LogP contribution >= 0.6 is 0 Å². The lowest BCUT2D eigenvalue weighted by Crippen LogP contribution is -2.34. The molecule has 118 valence electrons. The third kappa shape index (κ3) is 5.28. The molecule has 0 atom stereocenters. The molecule has 0 heterocycles. The van der Waals surface area contributed by atoms with Gasteiger partial charge in [-0.25, -0.2) is 9.59 Å². The predicted molar refractivity (Wildman–Crippen MR) is 80.4 cm³/mol. The van der Waals surface area contributed by atoms with Gasteiger partial charge in [0.15, 0.2) is 0 Å². The second-order valence-electron chi connectivity index (χ2n) is 4.72. The van der Waals surface area contributed by atoms with E-state index in [0.717, 1.165) is 6.08 Å². The van der Waals surface area contributed by atoms with E-state index in [0.29, 0.717) is 5.69 Å². The predicted octanol–water partition coefficient (Wildman–Crippen LogP) is 1.38. The zero-order valence-electron chi connectivity index (χ0n) is 12.5. The molecule has 0 aliphatic rings. The van der Waals surface area contributed by atoms with Crippen LogP contribution in [0.1, 0.15) is 24.2 Å². The molecule has 3 N–H and O–H groups in total. The summed E-state index contributed by atoms with van der Waals surface area (Å²) in [5.41, 5.74) is 0.596. The van der Waals surface area contributed by atoms with Crippen molar-refractivity contribution in [2.45, 2.75) is 19.9 Å². The molecule has 1 rings (SSSR count). The van der Waals surface area contributed by atoms with Crippen LogP contribution in [0, 0.1) is 0 Å². The molecule has 0 aliphatic heterocycles. The van der Waals surface area contributed by atoms with Crippen LogP contribution in [0.3, 0.4) is 0 Å². The van der Waals surface area contributed by atoms with Crippen molar-refractivity contribution in [3.05, 3.63) is 41.6 Å². The van der Waals surface area contributed by atoms with Crippen molar-refractivity contribution in [2.75, 3.05) is 12.4 Å². The number of carbonyl (C=O) groups excluding carboxylic acids is 2. The third-order valence-corrected chi connectivity index (χ3v) is 2.54. The summed E-state index contributed by atoms with van der Waals surface area (Å²) in [6.45, 7) is 3.57. The first kappa shape index (κ1) is 17.2. The Morgan fingerprint density at radius 2 is 1.77 bits per heavy atom. The maximum Gasteiger partial charge on any atom is 0.335 e. The number of carboxylic acids is 1. The smallest absolute Gasteiger partial charge is 0.335 e. The van der Waals surface area contributed by atoms with Gasteiger partial charge in [0, 0.05) is 11.7 Å². The van der Waals surface area contributed by atoms with Crippen molar-refractivity contribution in [1.82, 2.24) is 5.32 Å². The summed E-state index contributed by atoms with van der Waals surface area (Å²) < 4.78 is 4.51. The molecule has 1 aromatic rings. The van der Waals surface area contributed by atoms with Crippen molar-refractivity contribution in [2.24, 2.45) is 0 Å². The van der Waals surface area contributed by atoms with Gasteiger partial charge in [-0.15, -0.1) is 0 Å². The number of carboxylic acid groups (broad SMARTS) is 1. The normalized spacial score (nSPS) is 11.0. The molecule has 7 nitrogen and oxygen atoms in total. The molecule has 22 heavy (non-hydrogen) atoms. The highest BCUT2D eigenvalue weighted by atomic mass is 16.5. The van der Waals surface area contributed by atoms with E-state index in [1.807, 2.05) is 0 Å². The van der Waals surface area contributed by atoms with Crippen LogP contribution < -0.4 is 10.6 Å². The maximum atomic E-state index is 12.0. The van der Waals surface area contributed by atoms with Crippen LogP contribution in [0.25, 0.3) is 0 Å². The van der Waals surface area contributed by atoms with Crippen LogP contribution in [-0.2, 0) is 14.3 Å². The van der Waals surface area contributed by atoms with Crippen molar-refractivity contribution in [3.8, 4) is 0 Å². The Labute approximate surface area is 128 Å². The van der Waals surface area contributed by atoms with Gasteiger partial charge >= 0.3 is 11.9 Å². The lowest BCUT2D eigenvalue weighted by molar-refractivity contribution is -0.135. The fourth-order valence-electron chi connectivity index (χ4n) is 1.53. The van der Waals surface area contributed by atoms with Gasteiger partial charge in [0.25, 0.3) is 5.91 Å². The number of ether oxygens (including phenoxy) is 1. The molecule has 1 amide bonds. The number of esters is 1. The molecule has 1 aromatic carbocycles. The summed E-state index contributed by atoms with van der Waals surface area (Å²) in [5.74, 6) is -2.19. The van der Waals surface area contributed by atoms with Crippen LogP contribution in [0.4, 0.5) is 5.69 Å². The number of aromatic carboxylic acids is 1. The minimum Gasteiger partial charge on any atom is -0.478 e. The van der Waals surface area contributed by atoms with Gasteiger partial charge in [-0.05, 0) is 38.1 Å². The van der Waals surface area contributed by atoms with E-state index in [9.17, 15) is 14.4 Å². The molecule has 0 aromatic heterocycles. The highest BCUT2D eigenvalue weighted by molar-refractivity contribution is 6.01. The fraction of sp³-hybridized carbons (Fsp3) is 0.267. The second-order valence-corrected chi connectivity index (χ2v) is 4.72.